The summed E-state index contributed by atoms with van der Waals surface area (Å²) >= 11 is 0. The number of hydrogen-bond donors (Lipinski definition) is 2. The van der Waals surface area contributed by atoms with E-state index in [1.807, 2.05) is 43.3 Å². The lowest BCUT2D eigenvalue weighted by molar-refractivity contribution is 0.0939. The van der Waals surface area contributed by atoms with E-state index in [0.717, 1.165) is 24.1 Å². The minimum atomic E-state index is -0.116. The lowest BCUT2D eigenvalue weighted by Crippen LogP contribution is -2.27. The van der Waals surface area contributed by atoms with Gasteiger partial charge in [0.1, 0.15) is 0 Å². The topological polar surface area (TPSA) is 57.8 Å². The zero-order valence-electron chi connectivity index (χ0n) is 13.8. The minimum Gasteiger partial charge on any atom is -0.358 e. The zero-order chi connectivity index (χ0) is 16.5. The summed E-state index contributed by atoms with van der Waals surface area (Å²) in [6, 6.07) is 11.6. The number of fused-ring (bicyclic) bond motifs is 3. The van der Waals surface area contributed by atoms with Crippen LogP contribution in [0.5, 0.6) is 0 Å². The first kappa shape index (κ1) is 14.9. The predicted octanol–water partition coefficient (Wildman–Crippen LogP) is 3.93. The van der Waals surface area contributed by atoms with Gasteiger partial charge in [-0.3, -0.25) is 9.78 Å². The van der Waals surface area contributed by atoms with Crippen LogP contribution >= 0.6 is 0 Å². The molecule has 1 atom stereocenters. The van der Waals surface area contributed by atoms with Gasteiger partial charge in [0.05, 0.1) is 11.7 Å². The number of aryl methyl sites for hydroxylation is 2. The second kappa shape index (κ2) is 6.11. The molecule has 3 aromatic rings. The fourth-order valence-electron chi connectivity index (χ4n) is 3.53. The Bertz CT molecular complexity index is 883. The highest BCUT2D eigenvalue weighted by molar-refractivity contribution is 5.99. The van der Waals surface area contributed by atoms with Crippen molar-refractivity contribution in [2.24, 2.45) is 0 Å². The van der Waals surface area contributed by atoms with E-state index in [9.17, 15) is 4.79 Å². The molecule has 0 aliphatic heterocycles. The molecular formula is C20H21N3O. The maximum Gasteiger partial charge on any atom is 0.251 e. The van der Waals surface area contributed by atoms with Gasteiger partial charge in [0.25, 0.3) is 5.91 Å². The van der Waals surface area contributed by atoms with Gasteiger partial charge in [-0.1, -0.05) is 6.07 Å². The number of carbonyl (C=O) groups is 1. The summed E-state index contributed by atoms with van der Waals surface area (Å²) < 4.78 is 0. The third-order valence-electron chi connectivity index (χ3n) is 4.84. The molecule has 2 aromatic heterocycles. The van der Waals surface area contributed by atoms with E-state index in [-0.39, 0.29) is 11.9 Å². The van der Waals surface area contributed by atoms with Crippen LogP contribution in [0, 0.1) is 0 Å². The maximum absolute atomic E-state index is 12.6. The van der Waals surface area contributed by atoms with Gasteiger partial charge in [-0.2, -0.15) is 0 Å². The summed E-state index contributed by atoms with van der Waals surface area (Å²) in [5.41, 5.74) is 5.44. The second-order valence-electron chi connectivity index (χ2n) is 6.50. The highest BCUT2D eigenvalue weighted by Gasteiger charge is 2.18. The summed E-state index contributed by atoms with van der Waals surface area (Å²) in [5.74, 6) is -0.0548. The smallest absolute Gasteiger partial charge is 0.251 e. The molecule has 2 N–H and O–H groups in total. The van der Waals surface area contributed by atoms with Crippen molar-refractivity contribution in [3.8, 4) is 0 Å². The number of hydrogen-bond acceptors (Lipinski definition) is 2. The first-order valence-electron chi connectivity index (χ1n) is 8.57. The van der Waals surface area contributed by atoms with Crippen molar-refractivity contribution in [2.75, 3.05) is 0 Å². The van der Waals surface area contributed by atoms with E-state index in [4.69, 9.17) is 0 Å². The number of H-pyrrole nitrogens is 1. The molecule has 0 saturated heterocycles. The van der Waals surface area contributed by atoms with Crippen LogP contribution in [0.2, 0.25) is 0 Å². The molecule has 122 valence electrons. The first-order valence-corrected chi connectivity index (χ1v) is 8.57. The number of benzene rings is 1. The largest absolute Gasteiger partial charge is 0.358 e. The van der Waals surface area contributed by atoms with Crippen LogP contribution in [0.15, 0.2) is 42.6 Å². The Labute approximate surface area is 141 Å². The summed E-state index contributed by atoms with van der Waals surface area (Å²) in [5, 5.41) is 4.23. The molecule has 0 spiro atoms. The van der Waals surface area contributed by atoms with Crippen LogP contribution in [0.4, 0.5) is 0 Å². The quantitative estimate of drug-likeness (QED) is 0.768. The van der Waals surface area contributed by atoms with Gasteiger partial charge in [0.2, 0.25) is 0 Å². The molecule has 1 aromatic carbocycles. The highest BCUT2D eigenvalue weighted by atomic mass is 16.1. The molecule has 0 bridgehead atoms. The average molecular weight is 319 g/mol. The van der Waals surface area contributed by atoms with Gasteiger partial charge < -0.3 is 10.3 Å². The molecular weight excluding hydrogens is 298 g/mol. The number of nitrogens with zero attached hydrogens (tertiary/aromatic N) is 1. The normalized spacial score (nSPS) is 15.0. The number of pyridine rings is 1. The maximum atomic E-state index is 12.6. The van der Waals surface area contributed by atoms with Crippen molar-refractivity contribution in [3.63, 3.8) is 0 Å². The SMILES string of the molecule is CC(NC(=O)c1ccc2[nH]c3c(c2c1)CCCC3)c1ccccn1. The Morgan fingerprint density at radius 3 is 2.92 bits per heavy atom. The Balaban J connectivity index is 1.60. The molecule has 4 heteroatoms. The van der Waals surface area contributed by atoms with Crippen molar-refractivity contribution >= 4 is 16.8 Å². The Morgan fingerprint density at radius 1 is 1.21 bits per heavy atom. The molecule has 1 amide bonds. The summed E-state index contributed by atoms with van der Waals surface area (Å²) in [6.45, 7) is 1.96. The van der Waals surface area contributed by atoms with Gasteiger partial charge >= 0.3 is 0 Å². The van der Waals surface area contributed by atoms with E-state index in [0.29, 0.717) is 5.56 Å². The molecule has 4 nitrogen and oxygen atoms in total. The van der Waals surface area contributed by atoms with Crippen LogP contribution in [0.25, 0.3) is 10.9 Å². The van der Waals surface area contributed by atoms with Crippen molar-refractivity contribution in [1.82, 2.24) is 15.3 Å². The second-order valence-corrected chi connectivity index (χ2v) is 6.50. The van der Waals surface area contributed by atoms with E-state index in [2.05, 4.69) is 15.3 Å². The lowest BCUT2D eigenvalue weighted by Gasteiger charge is -2.13. The molecule has 1 aliphatic carbocycles. The molecule has 0 saturated carbocycles. The molecule has 24 heavy (non-hydrogen) atoms. The van der Waals surface area contributed by atoms with E-state index < -0.39 is 0 Å². The van der Waals surface area contributed by atoms with Gasteiger partial charge in [0, 0.05) is 28.4 Å². The Morgan fingerprint density at radius 2 is 2.08 bits per heavy atom. The fraction of sp³-hybridized carbons (Fsp3) is 0.300. The molecule has 4 rings (SSSR count). The van der Waals surface area contributed by atoms with Gasteiger partial charge in [-0.15, -0.1) is 0 Å². The van der Waals surface area contributed by atoms with Gasteiger partial charge in [0.15, 0.2) is 0 Å². The summed E-state index contributed by atoms with van der Waals surface area (Å²) in [7, 11) is 0. The van der Waals surface area contributed by atoms with E-state index >= 15 is 0 Å². The number of rotatable bonds is 3. The van der Waals surface area contributed by atoms with Crippen LogP contribution in [0.1, 0.15) is 53.1 Å². The Hall–Kier alpha value is -2.62. The molecule has 1 unspecified atom stereocenters. The average Bonchev–Trinajstić information content (AvgIpc) is 3.00. The van der Waals surface area contributed by atoms with E-state index in [1.165, 1.54) is 29.5 Å². The van der Waals surface area contributed by atoms with Gasteiger partial charge in [-0.05, 0) is 68.5 Å². The summed E-state index contributed by atoms with van der Waals surface area (Å²) in [4.78, 5) is 20.4. The van der Waals surface area contributed by atoms with Crippen LogP contribution in [0.3, 0.4) is 0 Å². The third kappa shape index (κ3) is 2.68. The van der Waals surface area contributed by atoms with Crippen molar-refractivity contribution in [2.45, 2.75) is 38.6 Å². The monoisotopic (exact) mass is 319 g/mol. The minimum absolute atomic E-state index is 0.0548. The van der Waals surface area contributed by atoms with E-state index in [1.54, 1.807) is 6.20 Å². The molecule has 0 fully saturated rings. The molecule has 2 heterocycles. The van der Waals surface area contributed by atoms with Crippen molar-refractivity contribution < 1.29 is 4.79 Å². The van der Waals surface area contributed by atoms with Crippen LogP contribution in [-0.2, 0) is 12.8 Å². The number of aromatic amines is 1. The highest BCUT2D eigenvalue weighted by Crippen LogP contribution is 2.29. The van der Waals surface area contributed by atoms with Gasteiger partial charge in [-0.25, -0.2) is 0 Å². The fourth-order valence-corrected chi connectivity index (χ4v) is 3.53. The van der Waals surface area contributed by atoms with Crippen LogP contribution < -0.4 is 5.32 Å². The third-order valence-corrected chi connectivity index (χ3v) is 4.84. The Kier molecular flexibility index (Phi) is 3.81. The van der Waals surface area contributed by atoms with Crippen LogP contribution in [-0.4, -0.2) is 15.9 Å². The number of aromatic nitrogens is 2. The standard InChI is InChI=1S/C20H21N3O/c1-13(17-7-4-5-11-21-17)22-20(24)14-9-10-19-16(12-14)15-6-2-3-8-18(15)23-19/h4-5,7,9-13,23H,2-3,6,8H2,1H3,(H,22,24). The number of amides is 1. The lowest BCUT2D eigenvalue weighted by atomic mass is 9.95. The number of nitrogens with one attached hydrogen (secondary N) is 2. The predicted molar refractivity (Wildman–Crippen MR) is 95.1 cm³/mol. The first-order chi connectivity index (χ1) is 11.7. The zero-order valence-corrected chi connectivity index (χ0v) is 13.8. The van der Waals surface area contributed by atoms with Crippen molar-refractivity contribution in [3.05, 3.63) is 65.1 Å². The number of carbonyl (C=O) groups excluding carboxylic acids is 1. The summed E-state index contributed by atoms with van der Waals surface area (Å²) in [6.07, 6.45) is 6.44. The molecule has 1 aliphatic rings. The van der Waals surface area contributed by atoms with Crippen molar-refractivity contribution in [1.29, 1.82) is 0 Å². The molecule has 0 radical (unpaired) electrons.